The van der Waals surface area contributed by atoms with Crippen molar-refractivity contribution in [1.29, 1.82) is 0 Å². The first-order valence-electron chi connectivity index (χ1n) is 21.4. The van der Waals surface area contributed by atoms with Crippen LogP contribution in [0.15, 0.2) is 97.1 Å². The van der Waals surface area contributed by atoms with Gasteiger partial charge in [-0.05, 0) is 168 Å². The first-order valence-corrected chi connectivity index (χ1v) is 21.4. The smallest absolute Gasteiger partial charge is 0.0520 e. The van der Waals surface area contributed by atoms with Gasteiger partial charge in [0, 0.05) is 22.7 Å². The summed E-state index contributed by atoms with van der Waals surface area (Å²) in [6.07, 6.45) is 4.48. The largest absolute Gasteiger partial charge is 0.310 e. The van der Waals surface area contributed by atoms with Gasteiger partial charge in [-0.15, -0.1) is 0 Å². The predicted molar refractivity (Wildman–Crippen MR) is 248 cm³/mol. The molecule has 0 saturated carbocycles. The Morgan fingerprint density at radius 1 is 0.339 bits per heavy atom. The van der Waals surface area contributed by atoms with Gasteiger partial charge in [0.15, 0.2) is 0 Å². The minimum atomic E-state index is 0.0711. The highest BCUT2D eigenvalue weighted by Crippen LogP contribution is 2.45. The molecule has 5 rings (SSSR count). The molecule has 0 bridgehead atoms. The van der Waals surface area contributed by atoms with Crippen molar-refractivity contribution in [1.82, 2.24) is 0 Å². The highest BCUT2D eigenvalue weighted by atomic mass is 15.2. The maximum atomic E-state index is 2.48. The molecule has 298 valence electrons. The molecular formula is C54H72N2. The number of hydrogen-bond donors (Lipinski definition) is 0. The van der Waals surface area contributed by atoms with Crippen LogP contribution in [0.1, 0.15) is 153 Å². The van der Waals surface area contributed by atoms with Crippen LogP contribution < -0.4 is 9.80 Å². The predicted octanol–water partition coefficient (Wildman–Crippen LogP) is 16.6. The SMILES string of the molecule is CCC(C)(CC)c1ccc(N(c2ccc(N(c3ccc(C(C)(CC)CC)cc3)c3c(C)cc(C(C)(C)C)cc3C)cc2)c2c(C)cc(C(C)(C)C)cc2C)cc1. The van der Waals surface area contributed by atoms with Crippen molar-refractivity contribution in [2.75, 3.05) is 9.80 Å². The number of nitrogens with zero attached hydrogens (tertiary/aromatic N) is 2. The van der Waals surface area contributed by atoms with E-state index in [9.17, 15) is 0 Å². The summed E-state index contributed by atoms with van der Waals surface area (Å²) in [6.45, 7) is 37.0. The zero-order valence-corrected chi connectivity index (χ0v) is 38.0. The third-order valence-corrected chi connectivity index (χ3v) is 13.3. The first-order chi connectivity index (χ1) is 26.2. The summed E-state index contributed by atoms with van der Waals surface area (Å²) in [5, 5.41) is 0. The molecule has 2 heteroatoms. The first kappa shape index (κ1) is 42.8. The molecule has 2 nitrogen and oxygen atoms in total. The van der Waals surface area contributed by atoms with Gasteiger partial charge in [-0.2, -0.15) is 0 Å². The molecular weight excluding hydrogens is 677 g/mol. The summed E-state index contributed by atoms with van der Waals surface area (Å²) < 4.78 is 0. The fraction of sp³-hybridized carbons (Fsp3) is 0.444. The summed E-state index contributed by atoms with van der Waals surface area (Å²) in [6, 6.07) is 37.6. The van der Waals surface area contributed by atoms with E-state index in [0.717, 1.165) is 37.1 Å². The molecule has 0 aliphatic rings. The molecule has 5 aromatic rings. The molecule has 0 amide bonds. The van der Waals surface area contributed by atoms with E-state index < -0.39 is 0 Å². The van der Waals surface area contributed by atoms with Gasteiger partial charge < -0.3 is 9.80 Å². The molecule has 0 spiro atoms. The van der Waals surface area contributed by atoms with Crippen LogP contribution in [0.25, 0.3) is 0 Å². The summed E-state index contributed by atoms with van der Waals surface area (Å²) in [5.41, 5.74) is 18.3. The van der Waals surface area contributed by atoms with E-state index in [1.165, 1.54) is 67.3 Å². The van der Waals surface area contributed by atoms with E-state index in [2.05, 4.69) is 218 Å². The number of benzene rings is 5. The normalized spacial score (nSPS) is 12.6. The molecule has 0 aliphatic heterocycles. The lowest BCUT2D eigenvalue weighted by atomic mass is 9.78. The van der Waals surface area contributed by atoms with Gasteiger partial charge in [-0.1, -0.05) is 132 Å². The second kappa shape index (κ2) is 16.3. The quantitative estimate of drug-likeness (QED) is 0.125. The maximum Gasteiger partial charge on any atom is 0.0520 e. The molecule has 0 fully saturated rings. The van der Waals surface area contributed by atoms with Crippen LogP contribution in [0.5, 0.6) is 0 Å². The van der Waals surface area contributed by atoms with Gasteiger partial charge in [0.25, 0.3) is 0 Å². The third kappa shape index (κ3) is 8.51. The lowest BCUT2D eigenvalue weighted by Gasteiger charge is -2.33. The van der Waals surface area contributed by atoms with Crippen molar-refractivity contribution in [3.05, 3.63) is 142 Å². The number of aryl methyl sites for hydroxylation is 4. The van der Waals surface area contributed by atoms with Crippen molar-refractivity contribution in [3.8, 4) is 0 Å². The average molecular weight is 749 g/mol. The highest BCUT2D eigenvalue weighted by Gasteiger charge is 2.27. The topological polar surface area (TPSA) is 6.48 Å². The second-order valence-electron chi connectivity index (χ2n) is 19.2. The van der Waals surface area contributed by atoms with Crippen molar-refractivity contribution < 1.29 is 0 Å². The van der Waals surface area contributed by atoms with Crippen molar-refractivity contribution in [2.24, 2.45) is 0 Å². The molecule has 0 unspecified atom stereocenters. The number of rotatable bonds is 12. The Hall–Kier alpha value is -4.30. The number of hydrogen-bond acceptors (Lipinski definition) is 2. The number of anilines is 6. The second-order valence-corrected chi connectivity index (χ2v) is 19.2. The van der Waals surface area contributed by atoms with E-state index in [4.69, 9.17) is 0 Å². The molecule has 5 aromatic carbocycles. The molecule has 0 aromatic heterocycles. The molecule has 0 saturated heterocycles. The molecule has 0 atom stereocenters. The molecule has 0 radical (unpaired) electrons. The summed E-state index contributed by atoms with van der Waals surface area (Å²) in [4.78, 5) is 4.95. The Balaban J connectivity index is 1.70. The van der Waals surface area contributed by atoms with Crippen LogP contribution in [-0.4, -0.2) is 0 Å². The Labute approximate surface area is 342 Å². The standard InChI is InChI=1S/C54H72N2/c1-17-53(15,18-2)41-21-25-45(26-22-41)55(49-37(5)33-43(34-38(49)6)51(9,10)11)47-29-31-48(32-30-47)56(46-27-23-42(24-28-46)54(16,19-3)20-4)50-39(7)35-44(36-40(50)8)52(12,13)14/h21-36H,17-20H2,1-16H3. The summed E-state index contributed by atoms with van der Waals surface area (Å²) >= 11 is 0. The van der Waals surface area contributed by atoms with E-state index in [0.29, 0.717) is 0 Å². The van der Waals surface area contributed by atoms with Crippen LogP contribution in [-0.2, 0) is 21.7 Å². The average Bonchev–Trinajstić information content (AvgIpc) is 3.16. The van der Waals surface area contributed by atoms with Crippen LogP contribution in [0.2, 0.25) is 0 Å². The van der Waals surface area contributed by atoms with Gasteiger partial charge in [0.05, 0.1) is 11.4 Å². The summed E-state index contributed by atoms with van der Waals surface area (Å²) in [7, 11) is 0. The minimum absolute atomic E-state index is 0.0711. The Morgan fingerprint density at radius 2 is 0.554 bits per heavy atom. The molecule has 0 heterocycles. The van der Waals surface area contributed by atoms with Crippen LogP contribution in [0.4, 0.5) is 34.1 Å². The van der Waals surface area contributed by atoms with E-state index >= 15 is 0 Å². The Bertz CT molecular complexity index is 1890. The molecule has 56 heavy (non-hydrogen) atoms. The fourth-order valence-electron chi connectivity index (χ4n) is 8.39. The Morgan fingerprint density at radius 3 is 0.750 bits per heavy atom. The Kier molecular flexibility index (Phi) is 12.5. The maximum absolute atomic E-state index is 2.48. The molecule has 0 aliphatic carbocycles. The zero-order valence-electron chi connectivity index (χ0n) is 38.0. The van der Waals surface area contributed by atoms with Crippen LogP contribution in [0.3, 0.4) is 0 Å². The minimum Gasteiger partial charge on any atom is -0.310 e. The zero-order chi connectivity index (χ0) is 41.4. The summed E-state index contributed by atoms with van der Waals surface area (Å²) in [5.74, 6) is 0. The monoisotopic (exact) mass is 749 g/mol. The van der Waals surface area contributed by atoms with E-state index in [1.54, 1.807) is 0 Å². The molecule has 0 N–H and O–H groups in total. The van der Waals surface area contributed by atoms with Gasteiger partial charge in [0.1, 0.15) is 0 Å². The van der Waals surface area contributed by atoms with E-state index in [1.807, 2.05) is 0 Å². The highest BCUT2D eigenvalue weighted by molar-refractivity contribution is 5.85. The lowest BCUT2D eigenvalue weighted by Crippen LogP contribution is -2.20. The van der Waals surface area contributed by atoms with Crippen LogP contribution >= 0.6 is 0 Å². The van der Waals surface area contributed by atoms with Gasteiger partial charge in [-0.25, -0.2) is 0 Å². The van der Waals surface area contributed by atoms with Crippen molar-refractivity contribution >= 4 is 34.1 Å². The lowest BCUT2D eigenvalue weighted by molar-refractivity contribution is 0.439. The van der Waals surface area contributed by atoms with E-state index in [-0.39, 0.29) is 21.7 Å². The van der Waals surface area contributed by atoms with Crippen LogP contribution in [0, 0.1) is 27.7 Å². The van der Waals surface area contributed by atoms with Gasteiger partial charge >= 0.3 is 0 Å². The van der Waals surface area contributed by atoms with Crippen molar-refractivity contribution in [2.45, 2.75) is 158 Å². The van der Waals surface area contributed by atoms with Gasteiger partial charge in [0.2, 0.25) is 0 Å². The third-order valence-electron chi connectivity index (χ3n) is 13.3. The van der Waals surface area contributed by atoms with Crippen molar-refractivity contribution in [3.63, 3.8) is 0 Å². The fourth-order valence-corrected chi connectivity index (χ4v) is 8.39. The van der Waals surface area contributed by atoms with Gasteiger partial charge in [-0.3, -0.25) is 0 Å².